The maximum absolute atomic E-state index is 15.4. The zero-order valence-electron chi connectivity index (χ0n) is 33.6. The van der Waals surface area contributed by atoms with Crippen LogP contribution in [0.1, 0.15) is 29.9 Å². The SMILES string of the molecule is COc1cc([C@H]2C3=CC[C@@H]4C(=O)N(c5ccc(N=Nc6ccc(N(C)C)cc6)cc5)C(=O)[C@@H]4[C@@H]3C[C@H]3C(=O)N(Nc4ccc(F)cc4)C(=O)[C@@]23c2ccc(Cl)cc2)cc(Cl)c1O. The van der Waals surface area contributed by atoms with Gasteiger partial charge in [-0.15, -0.1) is 0 Å². The second kappa shape index (κ2) is 15.7. The van der Waals surface area contributed by atoms with Gasteiger partial charge in [-0.2, -0.15) is 15.2 Å². The van der Waals surface area contributed by atoms with Crippen LogP contribution in [0, 0.1) is 29.5 Å². The first-order chi connectivity index (χ1) is 29.8. The maximum Gasteiger partial charge on any atom is 0.260 e. The van der Waals surface area contributed by atoms with Crippen molar-refractivity contribution in [2.45, 2.75) is 24.2 Å². The lowest BCUT2D eigenvalue weighted by Gasteiger charge is -2.50. The Balaban J connectivity index is 1.12. The van der Waals surface area contributed by atoms with Crippen molar-refractivity contribution in [2.24, 2.45) is 33.9 Å². The number of phenols is 1. The summed E-state index contributed by atoms with van der Waals surface area (Å²) in [5, 5.41) is 20.9. The molecule has 6 atom stereocenters. The molecular formula is C47H39Cl2FN6O6. The summed E-state index contributed by atoms with van der Waals surface area (Å²) in [5.41, 5.74) is 5.72. The molecule has 0 aromatic heterocycles. The average Bonchev–Trinajstić information content (AvgIpc) is 3.65. The number of hydrogen-bond acceptors (Lipinski definition) is 10. The van der Waals surface area contributed by atoms with Crippen LogP contribution in [0.15, 0.2) is 131 Å². The van der Waals surface area contributed by atoms with E-state index in [1.807, 2.05) is 49.3 Å². The zero-order valence-corrected chi connectivity index (χ0v) is 35.1. The molecule has 15 heteroatoms. The van der Waals surface area contributed by atoms with Crippen molar-refractivity contribution in [3.63, 3.8) is 0 Å². The number of phenolic OH excluding ortho intramolecular Hbond substituents is 1. The van der Waals surface area contributed by atoms with Gasteiger partial charge < -0.3 is 14.7 Å². The molecule has 0 unspecified atom stereocenters. The molecule has 4 amide bonds. The van der Waals surface area contributed by atoms with Crippen molar-refractivity contribution in [3.05, 3.63) is 148 Å². The van der Waals surface area contributed by atoms with Crippen LogP contribution >= 0.6 is 23.2 Å². The third-order valence-corrected chi connectivity index (χ3v) is 13.2. The van der Waals surface area contributed by atoms with Crippen molar-refractivity contribution in [3.8, 4) is 11.5 Å². The van der Waals surface area contributed by atoms with Crippen LogP contribution in [0.3, 0.4) is 0 Å². The van der Waals surface area contributed by atoms with Crippen LogP contribution < -0.4 is 20.0 Å². The van der Waals surface area contributed by atoms with Crippen LogP contribution in [0.25, 0.3) is 0 Å². The monoisotopic (exact) mass is 872 g/mol. The molecule has 5 aromatic rings. The number of hydrogen-bond donors (Lipinski definition) is 2. The van der Waals surface area contributed by atoms with Crippen LogP contribution in [0.5, 0.6) is 11.5 Å². The summed E-state index contributed by atoms with van der Waals surface area (Å²) >= 11 is 13.1. The smallest absolute Gasteiger partial charge is 0.260 e. The molecule has 1 saturated carbocycles. The van der Waals surface area contributed by atoms with Gasteiger partial charge in [-0.1, -0.05) is 47.0 Å². The Morgan fingerprint density at radius 3 is 2.10 bits per heavy atom. The summed E-state index contributed by atoms with van der Waals surface area (Å²) in [5.74, 6) is -7.13. The van der Waals surface area contributed by atoms with E-state index in [1.165, 1.54) is 42.3 Å². The molecular weight excluding hydrogens is 834 g/mol. The number of nitrogens with zero attached hydrogens (tertiary/aromatic N) is 5. The van der Waals surface area contributed by atoms with E-state index in [2.05, 4.69) is 15.7 Å². The van der Waals surface area contributed by atoms with Crippen LogP contribution in [-0.2, 0) is 24.6 Å². The van der Waals surface area contributed by atoms with Crippen molar-refractivity contribution < 1.29 is 33.4 Å². The number of azo groups is 1. The molecule has 314 valence electrons. The van der Waals surface area contributed by atoms with E-state index in [4.69, 9.17) is 27.9 Å². The van der Waals surface area contributed by atoms with Crippen molar-refractivity contribution in [1.29, 1.82) is 0 Å². The van der Waals surface area contributed by atoms with E-state index < -0.39 is 58.5 Å². The third-order valence-electron chi connectivity index (χ3n) is 12.6. The highest BCUT2D eigenvalue weighted by atomic mass is 35.5. The molecule has 9 rings (SSSR count). The minimum Gasteiger partial charge on any atom is -0.503 e. The molecule has 12 nitrogen and oxygen atoms in total. The number of carbonyl (C=O) groups excluding carboxylic acids is 4. The van der Waals surface area contributed by atoms with Crippen molar-refractivity contribution >= 4 is 75.3 Å². The van der Waals surface area contributed by atoms with Gasteiger partial charge in [0.25, 0.3) is 11.8 Å². The van der Waals surface area contributed by atoms with Gasteiger partial charge in [0.1, 0.15) is 5.82 Å². The number of anilines is 3. The first kappa shape index (κ1) is 40.8. The molecule has 2 aliphatic heterocycles. The van der Waals surface area contributed by atoms with Gasteiger partial charge in [-0.25, -0.2) is 4.39 Å². The number of methoxy groups -OCH3 is 1. The number of hydrazine groups is 1. The number of fused-ring (bicyclic) bond motifs is 4. The lowest BCUT2D eigenvalue weighted by atomic mass is 9.49. The number of amides is 4. The summed E-state index contributed by atoms with van der Waals surface area (Å²) in [6, 6.07) is 29.3. The van der Waals surface area contributed by atoms with Gasteiger partial charge in [0, 0.05) is 30.7 Å². The Kier molecular flexibility index (Phi) is 10.3. The normalized spacial score (nSPS) is 24.2. The summed E-state index contributed by atoms with van der Waals surface area (Å²) in [6.45, 7) is 0. The van der Waals surface area contributed by atoms with Gasteiger partial charge in [-0.05, 0) is 127 Å². The Morgan fingerprint density at radius 2 is 1.47 bits per heavy atom. The molecule has 0 spiro atoms. The zero-order chi connectivity index (χ0) is 43.6. The van der Waals surface area contributed by atoms with Gasteiger partial charge in [0.05, 0.1) is 58.1 Å². The Morgan fingerprint density at radius 1 is 0.823 bits per heavy atom. The first-order valence-corrected chi connectivity index (χ1v) is 20.7. The molecule has 4 aliphatic rings. The lowest BCUT2D eigenvalue weighted by molar-refractivity contribution is -0.138. The number of allylic oxidation sites excluding steroid dienone is 2. The maximum atomic E-state index is 15.4. The number of nitrogens with one attached hydrogen (secondary N) is 1. The molecule has 2 heterocycles. The summed E-state index contributed by atoms with van der Waals surface area (Å²) in [4.78, 5) is 62.7. The van der Waals surface area contributed by atoms with E-state index in [1.54, 1.807) is 54.6 Å². The molecule has 2 N–H and O–H groups in total. The van der Waals surface area contributed by atoms with Crippen LogP contribution in [0.4, 0.5) is 32.8 Å². The van der Waals surface area contributed by atoms with E-state index in [0.29, 0.717) is 44.5 Å². The number of aromatic hydroxyl groups is 1. The third kappa shape index (κ3) is 6.58. The van der Waals surface area contributed by atoms with Gasteiger partial charge in [0.2, 0.25) is 11.8 Å². The Labute approximate surface area is 366 Å². The second-order valence-electron chi connectivity index (χ2n) is 16.1. The minimum atomic E-state index is -1.65. The number of imide groups is 2. The molecule has 62 heavy (non-hydrogen) atoms. The largest absolute Gasteiger partial charge is 0.503 e. The van der Waals surface area contributed by atoms with Gasteiger partial charge in [0.15, 0.2) is 11.5 Å². The van der Waals surface area contributed by atoms with Gasteiger partial charge in [-0.3, -0.25) is 29.5 Å². The topological polar surface area (TPSA) is 144 Å². The molecule has 2 saturated heterocycles. The molecule has 0 radical (unpaired) electrons. The highest BCUT2D eigenvalue weighted by Gasteiger charge is 2.70. The molecule has 5 aromatic carbocycles. The summed E-state index contributed by atoms with van der Waals surface area (Å²) in [7, 11) is 5.27. The van der Waals surface area contributed by atoms with E-state index in [-0.39, 0.29) is 35.3 Å². The fourth-order valence-corrected chi connectivity index (χ4v) is 10.1. The highest BCUT2D eigenvalue weighted by Crippen LogP contribution is 2.65. The highest BCUT2D eigenvalue weighted by molar-refractivity contribution is 6.32. The lowest BCUT2D eigenvalue weighted by Crippen LogP contribution is -2.53. The summed E-state index contributed by atoms with van der Waals surface area (Å²) < 4.78 is 19.5. The molecule has 2 aliphatic carbocycles. The molecule has 0 bridgehead atoms. The quantitative estimate of drug-likeness (QED) is 0.0847. The van der Waals surface area contributed by atoms with Gasteiger partial charge >= 0.3 is 0 Å². The average molecular weight is 874 g/mol. The van der Waals surface area contributed by atoms with E-state index >= 15 is 4.79 Å². The predicted molar refractivity (Wildman–Crippen MR) is 233 cm³/mol. The van der Waals surface area contributed by atoms with E-state index in [0.717, 1.165) is 10.7 Å². The van der Waals surface area contributed by atoms with Crippen molar-refractivity contribution in [2.75, 3.05) is 36.4 Å². The van der Waals surface area contributed by atoms with Crippen LogP contribution in [-0.4, -0.2) is 54.9 Å². The Hall–Kier alpha value is -6.57. The van der Waals surface area contributed by atoms with Crippen molar-refractivity contribution in [1.82, 2.24) is 5.01 Å². The fraction of sp³-hybridized carbons (Fsp3) is 0.234. The second-order valence-corrected chi connectivity index (χ2v) is 16.9. The predicted octanol–water partition coefficient (Wildman–Crippen LogP) is 9.52. The van der Waals surface area contributed by atoms with Crippen LogP contribution in [0.2, 0.25) is 10.0 Å². The number of rotatable bonds is 9. The standard InChI is InChI=1S/C47H39Cl2FN6O6/c1-54(2)32-16-12-29(13-17-32)51-52-30-14-18-33(19-15-30)55-43(58)35-21-20-34-36(40(35)45(55)60)24-37-44(59)56(53-31-10-8-28(50)9-11-31)46(61)47(37,26-4-6-27(48)7-5-26)41(34)25-22-38(49)42(57)39(23-25)62-3/h4-20,22-23,35-37,40-41,53,57H,21,24H2,1-3H3/t35-,36+,37-,40-,41-,47+/m0/s1. The molecule has 3 fully saturated rings. The minimum absolute atomic E-state index is 0.0307. The number of ether oxygens (including phenoxy) is 1. The number of halogens is 3. The fourth-order valence-electron chi connectivity index (χ4n) is 9.80. The van der Waals surface area contributed by atoms with E-state index in [9.17, 15) is 23.9 Å². The number of benzene rings is 5. The Bertz CT molecular complexity index is 2690. The number of carbonyl (C=O) groups is 4. The first-order valence-electron chi connectivity index (χ1n) is 19.9. The summed E-state index contributed by atoms with van der Waals surface area (Å²) in [6.07, 6.45) is 2.12.